The molecule has 2 aliphatic heterocycles. The number of amides is 1. The molecule has 1 saturated heterocycles. The molecule has 0 unspecified atom stereocenters. The van der Waals surface area contributed by atoms with Crippen molar-refractivity contribution in [3.63, 3.8) is 0 Å². The summed E-state index contributed by atoms with van der Waals surface area (Å²) in [5.74, 6) is 0.135. The third-order valence-electron chi connectivity index (χ3n) is 4.44. The van der Waals surface area contributed by atoms with Crippen molar-refractivity contribution in [2.75, 3.05) is 11.9 Å². The van der Waals surface area contributed by atoms with E-state index in [0.29, 0.717) is 29.5 Å². The van der Waals surface area contributed by atoms with Gasteiger partial charge in [-0.3, -0.25) is 10.1 Å². The highest BCUT2D eigenvalue weighted by Gasteiger charge is 2.39. The summed E-state index contributed by atoms with van der Waals surface area (Å²) in [4.78, 5) is 14.7. The summed E-state index contributed by atoms with van der Waals surface area (Å²) in [5, 5.41) is 12.1. The zero-order chi connectivity index (χ0) is 18.3. The van der Waals surface area contributed by atoms with E-state index in [1.807, 2.05) is 6.92 Å². The Balaban J connectivity index is 1.60. The maximum atomic E-state index is 12.7. The highest BCUT2D eigenvalue weighted by atomic mass is 32.2. The molecular weight excluding hydrogens is 374 g/mol. The number of nitrogens with one attached hydrogen (secondary N) is 1. The number of anilines is 1. The quantitative estimate of drug-likeness (QED) is 0.853. The first-order chi connectivity index (χ1) is 12.5. The molecule has 136 valence electrons. The van der Waals surface area contributed by atoms with Crippen LogP contribution in [0, 0.1) is 0 Å². The van der Waals surface area contributed by atoms with Gasteiger partial charge in [-0.25, -0.2) is 0 Å². The molecule has 1 aromatic heterocycles. The van der Waals surface area contributed by atoms with Crippen molar-refractivity contribution < 1.29 is 13.2 Å². The van der Waals surface area contributed by atoms with Gasteiger partial charge in [0.2, 0.25) is 11.0 Å². The van der Waals surface area contributed by atoms with E-state index in [0.717, 1.165) is 17.8 Å². The van der Waals surface area contributed by atoms with E-state index >= 15 is 0 Å². The van der Waals surface area contributed by atoms with Crippen molar-refractivity contribution in [2.45, 2.75) is 37.1 Å². The van der Waals surface area contributed by atoms with Gasteiger partial charge in [0.25, 0.3) is 10.0 Å². The van der Waals surface area contributed by atoms with E-state index in [2.05, 4.69) is 19.9 Å². The first-order valence-corrected chi connectivity index (χ1v) is 10.6. The normalized spacial score (nSPS) is 20.7. The van der Waals surface area contributed by atoms with Crippen LogP contribution in [0.1, 0.15) is 30.3 Å². The van der Waals surface area contributed by atoms with Crippen molar-refractivity contribution in [2.24, 2.45) is 4.40 Å². The fraction of sp³-hybridized carbons (Fsp3) is 0.375. The average molecular weight is 391 g/mol. The number of aryl methyl sites for hydroxylation is 1. The Hall–Kier alpha value is -2.33. The first kappa shape index (κ1) is 17.1. The van der Waals surface area contributed by atoms with Crippen LogP contribution < -0.4 is 5.32 Å². The fourth-order valence-electron chi connectivity index (χ4n) is 3.22. The van der Waals surface area contributed by atoms with Crippen LogP contribution in [0.2, 0.25) is 0 Å². The molecule has 1 atom stereocenters. The molecule has 3 heterocycles. The van der Waals surface area contributed by atoms with Gasteiger partial charge in [0.1, 0.15) is 15.9 Å². The monoisotopic (exact) mass is 391 g/mol. The van der Waals surface area contributed by atoms with Gasteiger partial charge in [-0.15, -0.1) is 14.6 Å². The highest BCUT2D eigenvalue weighted by Crippen LogP contribution is 2.31. The van der Waals surface area contributed by atoms with Crippen molar-refractivity contribution in [1.29, 1.82) is 0 Å². The molecular formula is C16H17N5O3S2. The van der Waals surface area contributed by atoms with Gasteiger partial charge in [0.05, 0.1) is 0 Å². The van der Waals surface area contributed by atoms with Crippen LogP contribution in [0.25, 0.3) is 0 Å². The Labute approximate surface area is 155 Å². The minimum atomic E-state index is -3.71. The second kappa shape index (κ2) is 6.44. The summed E-state index contributed by atoms with van der Waals surface area (Å²) in [5.41, 5.74) is 0.552. The smallest absolute Gasteiger partial charge is 0.285 e. The maximum absolute atomic E-state index is 12.7. The molecule has 1 aromatic carbocycles. The van der Waals surface area contributed by atoms with Crippen LogP contribution in [0.4, 0.5) is 5.13 Å². The van der Waals surface area contributed by atoms with Crippen molar-refractivity contribution in [3.05, 3.63) is 34.8 Å². The second-order valence-electron chi connectivity index (χ2n) is 6.08. The number of nitrogens with zero attached hydrogens (tertiary/aromatic N) is 4. The summed E-state index contributed by atoms with van der Waals surface area (Å²) in [6, 6.07) is 6.23. The van der Waals surface area contributed by atoms with Gasteiger partial charge in [-0.2, -0.15) is 8.42 Å². The average Bonchev–Trinajstić information content (AvgIpc) is 3.33. The second-order valence-corrected chi connectivity index (χ2v) is 8.72. The Kier molecular flexibility index (Phi) is 4.23. The molecule has 8 nitrogen and oxygen atoms in total. The highest BCUT2D eigenvalue weighted by molar-refractivity contribution is 7.90. The number of aromatic nitrogens is 2. The number of rotatable bonds is 3. The van der Waals surface area contributed by atoms with Crippen LogP contribution in [-0.4, -0.2) is 47.8 Å². The van der Waals surface area contributed by atoms with Crippen molar-refractivity contribution in [1.82, 2.24) is 15.1 Å². The molecule has 0 saturated carbocycles. The van der Waals surface area contributed by atoms with Gasteiger partial charge in [0.15, 0.2) is 5.84 Å². The molecule has 2 aliphatic rings. The molecule has 1 fully saturated rings. The molecule has 0 radical (unpaired) electrons. The zero-order valence-corrected chi connectivity index (χ0v) is 15.7. The number of fused-ring (bicyclic) bond motifs is 1. The first-order valence-electron chi connectivity index (χ1n) is 8.34. The molecule has 2 aromatic rings. The topological polar surface area (TPSA) is 105 Å². The molecule has 10 heteroatoms. The van der Waals surface area contributed by atoms with Gasteiger partial charge >= 0.3 is 0 Å². The summed E-state index contributed by atoms with van der Waals surface area (Å²) in [7, 11) is -3.71. The van der Waals surface area contributed by atoms with Gasteiger partial charge < -0.3 is 4.90 Å². The predicted octanol–water partition coefficient (Wildman–Crippen LogP) is 1.65. The van der Waals surface area contributed by atoms with E-state index in [1.54, 1.807) is 29.2 Å². The number of carbonyl (C=O) groups excluding carboxylic acids is 1. The third-order valence-corrected chi connectivity index (χ3v) is 6.75. The van der Waals surface area contributed by atoms with E-state index in [-0.39, 0.29) is 10.8 Å². The van der Waals surface area contributed by atoms with Gasteiger partial charge in [0, 0.05) is 12.1 Å². The maximum Gasteiger partial charge on any atom is 0.285 e. The number of likely N-dealkylation sites (tertiary alicyclic amines) is 1. The van der Waals surface area contributed by atoms with Crippen molar-refractivity contribution >= 4 is 38.2 Å². The lowest BCUT2D eigenvalue weighted by atomic mass is 10.1. The van der Waals surface area contributed by atoms with Gasteiger partial charge in [-0.05, 0) is 31.4 Å². The minimum Gasteiger partial charge on any atom is -0.343 e. The Morgan fingerprint density at radius 3 is 2.92 bits per heavy atom. The minimum absolute atomic E-state index is 0.192. The number of carbonyl (C=O) groups is 1. The Morgan fingerprint density at radius 2 is 2.15 bits per heavy atom. The SMILES string of the molecule is CCc1nnc(NC(=O)[C@H]2CCCN2C2=NS(=O)(=O)c3ccccc32)s1. The van der Waals surface area contributed by atoms with Crippen molar-refractivity contribution in [3.8, 4) is 0 Å². The predicted molar refractivity (Wildman–Crippen MR) is 97.8 cm³/mol. The van der Waals surface area contributed by atoms with Gasteiger partial charge in [-0.1, -0.05) is 30.4 Å². The molecule has 1 amide bonds. The molecule has 0 spiro atoms. The summed E-state index contributed by atoms with van der Waals surface area (Å²) in [6.45, 7) is 2.55. The summed E-state index contributed by atoms with van der Waals surface area (Å²) in [6.07, 6.45) is 2.18. The standard InChI is InChI=1S/C16H17N5O3S2/c1-2-13-18-19-16(25-13)17-15(22)11-7-5-9-21(11)14-10-6-3-4-8-12(10)26(23,24)20-14/h3-4,6,8,11H,2,5,7,9H2,1H3,(H,17,19,22)/t11-/m1/s1. The summed E-state index contributed by atoms with van der Waals surface area (Å²) >= 11 is 1.34. The number of sulfonamides is 1. The van der Waals surface area contributed by atoms with Crippen LogP contribution in [0.5, 0.6) is 0 Å². The lowest BCUT2D eigenvalue weighted by Crippen LogP contribution is -2.43. The largest absolute Gasteiger partial charge is 0.343 e. The lowest BCUT2D eigenvalue weighted by molar-refractivity contribution is -0.119. The van der Waals surface area contributed by atoms with Crippen LogP contribution >= 0.6 is 11.3 Å². The van der Waals surface area contributed by atoms with Crippen LogP contribution in [0.15, 0.2) is 33.6 Å². The van der Waals surface area contributed by atoms with E-state index in [1.165, 1.54) is 11.3 Å². The molecule has 1 N–H and O–H groups in total. The van der Waals surface area contributed by atoms with Crippen LogP contribution in [-0.2, 0) is 21.2 Å². The number of amidine groups is 1. The fourth-order valence-corrected chi connectivity index (χ4v) is 5.12. The third kappa shape index (κ3) is 2.88. The Bertz CT molecular complexity index is 999. The zero-order valence-electron chi connectivity index (χ0n) is 14.0. The molecule has 4 rings (SSSR count). The van der Waals surface area contributed by atoms with E-state index < -0.39 is 16.1 Å². The van der Waals surface area contributed by atoms with E-state index in [4.69, 9.17) is 0 Å². The van der Waals surface area contributed by atoms with E-state index in [9.17, 15) is 13.2 Å². The molecule has 26 heavy (non-hydrogen) atoms. The van der Waals surface area contributed by atoms with Crippen LogP contribution in [0.3, 0.4) is 0 Å². The number of benzene rings is 1. The lowest BCUT2D eigenvalue weighted by Gasteiger charge is -2.25. The molecule has 0 bridgehead atoms. The molecule has 0 aliphatic carbocycles. The Morgan fingerprint density at radius 1 is 1.35 bits per heavy atom. The number of hydrogen-bond donors (Lipinski definition) is 1. The number of hydrogen-bond acceptors (Lipinski definition) is 7. The summed E-state index contributed by atoms with van der Waals surface area (Å²) < 4.78 is 28.5.